The summed E-state index contributed by atoms with van der Waals surface area (Å²) in [7, 11) is 4.55. The van der Waals surface area contributed by atoms with Crippen molar-refractivity contribution in [1.29, 1.82) is 0 Å². The minimum atomic E-state index is -2.54. The molecule has 0 aromatic carbocycles. The molecule has 5 N–H and O–H groups in total. The van der Waals surface area contributed by atoms with E-state index in [1.54, 1.807) is 34.0 Å². The standard InChI is InChI=1S/C44H69NO13.H2O/c1-24-16-25(2)18-37(55-8)40-38(56-9)20-27(4)44(53,58-40)41(50)42(51)45-15-11-10-12-32(45)43(52)57-39(26(3)19-30-13-14-33(47)36(22-30)54-7)29(6)34(48)23-35(49)31(17-24)21-28(5)46;/h17,19,25,27,29-34,36-40,47-48,53H,10-16,18,20-23H2,1-9H3;1H2/b24-17+,26-19+;/t25-,27+,29+,30-,31-,32-,33+,34-,36+,37-,38-,39+,40+,44+;/m0./s1. The molecule has 0 aromatic heterocycles. The second kappa shape index (κ2) is 22.3. The number of fused-ring (bicyclic) bond motifs is 3. The summed E-state index contributed by atoms with van der Waals surface area (Å²) in [6, 6.07) is -1.17. The van der Waals surface area contributed by atoms with E-state index in [0.717, 1.165) is 10.5 Å². The summed E-state index contributed by atoms with van der Waals surface area (Å²) < 4.78 is 29.7. The van der Waals surface area contributed by atoms with Crippen molar-refractivity contribution in [2.75, 3.05) is 27.9 Å². The van der Waals surface area contributed by atoms with E-state index in [2.05, 4.69) is 0 Å². The van der Waals surface area contributed by atoms with E-state index in [9.17, 15) is 39.3 Å². The summed E-state index contributed by atoms with van der Waals surface area (Å²) >= 11 is 0. The molecule has 336 valence electrons. The Kier molecular flexibility index (Phi) is 19.1. The Morgan fingerprint density at radius 2 is 1.54 bits per heavy atom. The van der Waals surface area contributed by atoms with Crippen molar-refractivity contribution in [2.45, 2.75) is 167 Å². The highest BCUT2D eigenvalue weighted by Crippen LogP contribution is 2.39. The molecule has 1 aliphatic carbocycles. The fourth-order valence-electron chi connectivity index (χ4n) is 9.53. The number of cyclic esters (lactones) is 1. The molecule has 3 fully saturated rings. The van der Waals surface area contributed by atoms with E-state index in [4.69, 9.17) is 23.7 Å². The average Bonchev–Trinajstić information content (AvgIpc) is 3.18. The number of allylic oxidation sites excluding steroid dienone is 3. The summed E-state index contributed by atoms with van der Waals surface area (Å²) in [4.78, 5) is 70.3. The molecule has 0 radical (unpaired) electrons. The van der Waals surface area contributed by atoms with Gasteiger partial charge < -0.3 is 49.4 Å². The summed E-state index contributed by atoms with van der Waals surface area (Å²) in [6.45, 7) is 10.4. The first kappa shape index (κ1) is 50.5. The van der Waals surface area contributed by atoms with Crippen LogP contribution in [0.25, 0.3) is 0 Å². The van der Waals surface area contributed by atoms with Crippen molar-refractivity contribution in [1.82, 2.24) is 4.90 Å². The van der Waals surface area contributed by atoms with Gasteiger partial charge in [0.05, 0.1) is 30.5 Å². The fourth-order valence-corrected chi connectivity index (χ4v) is 9.53. The maximum atomic E-state index is 14.3. The third-order valence-corrected chi connectivity index (χ3v) is 13.0. The van der Waals surface area contributed by atoms with Crippen molar-refractivity contribution in [3.8, 4) is 0 Å². The van der Waals surface area contributed by atoms with Crippen LogP contribution in [0, 0.1) is 29.6 Å². The maximum absolute atomic E-state index is 14.3. The minimum Gasteiger partial charge on any atom is -0.456 e. The van der Waals surface area contributed by atoms with Gasteiger partial charge in [-0.1, -0.05) is 38.5 Å². The van der Waals surface area contributed by atoms with Crippen LogP contribution in [0.3, 0.4) is 0 Å². The Balaban J connectivity index is 0.00000930. The molecule has 1 saturated carbocycles. The minimum absolute atomic E-state index is 0. The number of amides is 1. The number of ether oxygens (including phenoxy) is 5. The number of ketones is 3. The Labute approximate surface area is 349 Å². The lowest BCUT2D eigenvalue weighted by Gasteiger charge is -2.47. The summed E-state index contributed by atoms with van der Waals surface area (Å²) in [5.41, 5.74) is 1.46. The number of Topliss-reactive ketones (excluding diaryl/α,β-unsaturated/α-hetero) is 3. The van der Waals surface area contributed by atoms with Crippen LogP contribution < -0.4 is 0 Å². The molecule has 15 nitrogen and oxygen atoms in total. The second-order valence-electron chi connectivity index (χ2n) is 17.7. The van der Waals surface area contributed by atoms with Crippen LogP contribution in [0.5, 0.6) is 0 Å². The lowest BCUT2D eigenvalue weighted by Crippen LogP contribution is -2.64. The molecule has 0 spiro atoms. The van der Waals surface area contributed by atoms with Crippen molar-refractivity contribution >= 4 is 29.2 Å². The Bertz CT molecular complexity index is 1530. The molecule has 4 aliphatic rings. The molecule has 15 heteroatoms. The average molecular weight is 838 g/mol. The van der Waals surface area contributed by atoms with Gasteiger partial charge in [0.1, 0.15) is 29.8 Å². The van der Waals surface area contributed by atoms with E-state index >= 15 is 0 Å². The predicted octanol–water partition coefficient (Wildman–Crippen LogP) is 3.22. The van der Waals surface area contributed by atoms with Gasteiger partial charge in [-0.2, -0.15) is 0 Å². The lowest BCUT2D eigenvalue weighted by atomic mass is 9.81. The van der Waals surface area contributed by atoms with Gasteiger partial charge >= 0.3 is 5.97 Å². The Morgan fingerprint density at radius 3 is 2.17 bits per heavy atom. The van der Waals surface area contributed by atoms with E-state index < -0.39 is 83.9 Å². The van der Waals surface area contributed by atoms with Crippen molar-refractivity contribution in [3.63, 3.8) is 0 Å². The number of rotatable bonds is 7. The first-order chi connectivity index (χ1) is 27.3. The molecule has 2 bridgehead atoms. The lowest BCUT2D eigenvalue weighted by molar-refractivity contribution is -0.302. The number of methoxy groups -OCH3 is 3. The number of aliphatic hydroxyl groups excluding tert-OH is 2. The molecular formula is C44H71NO14. The number of piperidine rings is 1. The molecule has 3 aliphatic heterocycles. The molecular weight excluding hydrogens is 766 g/mol. The molecule has 0 unspecified atom stereocenters. The Morgan fingerprint density at radius 1 is 0.898 bits per heavy atom. The quantitative estimate of drug-likeness (QED) is 0.191. The van der Waals surface area contributed by atoms with Gasteiger partial charge in [-0.3, -0.25) is 19.2 Å². The highest BCUT2D eigenvalue weighted by molar-refractivity contribution is 6.39. The molecule has 4 rings (SSSR count). The van der Waals surface area contributed by atoms with Crippen LogP contribution in [0.1, 0.15) is 112 Å². The largest absolute Gasteiger partial charge is 0.456 e. The van der Waals surface area contributed by atoms with Crippen LogP contribution in [0.2, 0.25) is 0 Å². The summed E-state index contributed by atoms with van der Waals surface area (Å²) in [5, 5.41) is 34.2. The third-order valence-electron chi connectivity index (χ3n) is 13.0. The van der Waals surface area contributed by atoms with Crippen LogP contribution >= 0.6 is 0 Å². The van der Waals surface area contributed by atoms with Crippen LogP contribution in [0.4, 0.5) is 0 Å². The highest BCUT2D eigenvalue weighted by Gasteiger charge is 2.56. The van der Waals surface area contributed by atoms with Crippen LogP contribution in [-0.2, 0) is 47.7 Å². The van der Waals surface area contributed by atoms with E-state index in [-0.39, 0.29) is 67.2 Å². The van der Waals surface area contributed by atoms with Crippen LogP contribution in [0.15, 0.2) is 23.3 Å². The predicted molar refractivity (Wildman–Crippen MR) is 217 cm³/mol. The normalized spacial score (nSPS) is 39.8. The van der Waals surface area contributed by atoms with E-state index in [1.165, 1.54) is 21.1 Å². The zero-order valence-electron chi connectivity index (χ0n) is 36.5. The smallest absolute Gasteiger partial charge is 0.329 e. The molecule has 1 amide bonds. The van der Waals surface area contributed by atoms with Crippen molar-refractivity contribution in [2.24, 2.45) is 29.6 Å². The van der Waals surface area contributed by atoms with E-state index in [1.807, 2.05) is 19.9 Å². The monoisotopic (exact) mass is 837 g/mol. The number of carbonyl (C=O) groups excluding carboxylic acids is 5. The SMILES string of the molecule is CO[C@H]1C[C@@H](C)C/C(C)=C/[C@@H](CC(C)=O)C(=O)C[C@H](O)[C@@H](C)[C@@H](/C(C)=C/[C@@H]2CC[C@@H](O)[C@H](OC)C2)OC(=O)[C@@H]2CCCCN2C(=O)C(=O)[C@]2(O)O[C@H]1[C@@H](OC)C[C@H]2C.O. The zero-order valence-corrected chi connectivity index (χ0v) is 36.5. The number of hydrogen-bond acceptors (Lipinski definition) is 13. The Hall–Kier alpha value is -2.89. The van der Waals surface area contributed by atoms with Gasteiger partial charge in [-0.05, 0) is 96.0 Å². The number of hydrogen-bond donors (Lipinski definition) is 3. The van der Waals surface area contributed by atoms with Gasteiger partial charge in [0, 0.05) is 58.5 Å². The van der Waals surface area contributed by atoms with E-state index in [0.29, 0.717) is 50.5 Å². The molecule has 0 aromatic rings. The van der Waals surface area contributed by atoms with Gasteiger partial charge in [0.15, 0.2) is 0 Å². The molecule has 3 heterocycles. The maximum Gasteiger partial charge on any atom is 0.329 e. The molecule has 14 atom stereocenters. The number of carbonyl (C=O) groups is 5. The van der Waals surface area contributed by atoms with Crippen molar-refractivity contribution < 1.29 is 68.5 Å². The van der Waals surface area contributed by atoms with Crippen molar-refractivity contribution in [3.05, 3.63) is 23.3 Å². The zero-order chi connectivity index (χ0) is 43.1. The van der Waals surface area contributed by atoms with Gasteiger partial charge in [0.25, 0.3) is 11.7 Å². The van der Waals surface area contributed by atoms with Crippen LogP contribution in [-0.4, -0.2) is 137 Å². The first-order valence-electron chi connectivity index (χ1n) is 21.1. The second-order valence-corrected chi connectivity index (χ2v) is 17.7. The summed E-state index contributed by atoms with van der Waals surface area (Å²) in [5.74, 6) is -8.63. The molecule has 59 heavy (non-hydrogen) atoms. The summed E-state index contributed by atoms with van der Waals surface area (Å²) in [6.07, 6.45) is 1.97. The topological polar surface area (TPSA) is 227 Å². The van der Waals surface area contributed by atoms with Gasteiger partial charge in [-0.25, -0.2) is 4.79 Å². The molecule has 2 saturated heterocycles. The van der Waals surface area contributed by atoms with Gasteiger partial charge in [0.2, 0.25) is 5.79 Å². The third kappa shape index (κ3) is 12.4. The number of nitrogens with zero attached hydrogens (tertiary/aromatic N) is 1. The first-order valence-corrected chi connectivity index (χ1v) is 21.1. The number of aliphatic hydroxyl groups is 3. The van der Waals surface area contributed by atoms with Gasteiger partial charge in [-0.15, -0.1) is 0 Å². The highest BCUT2D eigenvalue weighted by atomic mass is 16.7. The number of esters is 1. The fraction of sp³-hybridized carbons (Fsp3) is 0.795.